The predicted molar refractivity (Wildman–Crippen MR) is 199 cm³/mol. The van der Waals surface area contributed by atoms with Crippen molar-refractivity contribution in [3.63, 3.8) is 0 Å². The van der Waals surface area contributed by atoms with Crippen molar-refractivity contribution < 1.29 is 19.2 Å². The summed E-state index contributed by atoms with van der Waals surface area (Å²) < 4.78 is 2.31. The SMILES string of the molecule is CNc1nc2c(c(N)nc(=O)n2CCN(CCNC(=O)CNC(=O)CNC(=O)CNC(=O)CS)CCn2c(=O)nc(N)c3c(=O)[nH]c(NC)nc32)c(=O)[nH]1. The van der Waals surface area contributed by atoms with Gasteiger partial charge in [0.05, 0.1) is 25.4 Å². The zero-order chi connectivity index (χ0) is 39.5. The van der Waals surface area contributed by atoms with Crippen molar-refractivity contribution in [1.29, 1.82) is 0 Å². The fourth-order valence-electron chi connectivity index (χ4n) is 4.99. The summed E-state index contributed by atoms with van der Waals surface area (Å²) >= 11 is 3.78. The zero-order valence-corrected chi connectivity index (χ0v) is 30.0. The first-order valence-electron chi connectivity index (χ1n) is 16.1. The number of carbonyl (C=O) groups is 4. The maximum Gasteiger partial charge on any atom is 0.351 e. The molecule has 4 amide bonds. The number of anilines is 4. The van der Waals surface area contributed by atoms with Gasteiger partial charge in [-0.15, -0.1) is 0 Å². The van der Waals surface area contributed by atoms with Gasteiger partial charge in [0.2, 0.25) is 35.5 Å². The van der Waals surface area contributed by atoms with E-state index in [1.807, 2.05) is 0 Å². The Kier molecular flexibility index (Phi) is 13.6. The molecular formula is C28H39N17O8S. The smallest absolute Gasteiger partial charge is 0.351 e. The summed E-state index contributed by atoms with van der Waals surface area (Å²) in [6, 6.07) is 0. The summed E-state index contributed by atoms with van der Waals surface area (Å²) in [7, 11) is 3.04. The second-order valence-corrected chi connectivity index (χ2v) is 11.6. The molecule has 0 saturated carbocycles. The second kappa shape index (κ2) is 18.3. The molecule has 0 aliphatic carbocycles. The summed E-state index contributed by atoms with van der Waals surface area (Å²) in [5.41, 5.74) is 8.89. The molecule has 0 radical (unpaired) electrons. The Morgan fingerprint density at radius 3 is 1.46 bits per heavy atom. The monoisotopic (exact) mass is 773 g/mol. The molecular weight excluding hydrogens is 734 g/mol. The van der Waals surface area contributed by atoms with E-state index in [1.54, 1.807) is 4.90 Å². The van der Waals surface area contributed by atoms with Gasteiger partial charge < -0.3 is 43.4 Å². The van der Waals surface area contributed by atoms with Gasteiger partial charge in [-0.3, -0.25) is 52.8 Å². The molecule has 4 rings (SSSR count). The number of nitrogen functional groups attached to an aromatic ring is 2. The van der Waals surface area contributed by atoms with E-state index in [2.05, 4.69) is 74.4 Å². The Morgan fingerprint density at radius 2 is 1.06 bits per heavy atom. The van der Waals surface area contributed by atoms with E-state index in [1.165, 1.54) is 14.1 Å². The average molecular weight is 774 g/mol. The van der Waals surface area contributed by atoms with Crippen LogP contribution < -0.4 is 65.9 Å². The number of nitrogens with two attached hydrogens (primary N) is 2. The fraction of sp³-hybridized carbons (Fsp3) is 0.429. The van der Waals surface area contributed by atoms with Crippen LogP contribution in [0.1, 0.15) is 0 Å². The first kappa shape index (κ1) is 40.2. The van der Waals surface area contributed by atoms with Crippen LogP contribution in [0.15, 0.2) is 19.2 Å². The second-order valence-electron chi connectivity index (χ2n) is 11.3. The molecule has 0 bridgehead atoms. The lowest BCUT2D eigenvalue weighted by atomic mass is 10.3. The Bertz CT molecular complexity index is 2180. The number of amides is 4. The van der Waals surface area contributed by atoms with Crippen molar-refractivity contribution >= 4 is 81.9 Å². The average Bonchev–Trinajstić information content (AvgIpc) is 3.13. The summed E-state index contributed by atoms with van der Waals surface area (Å²) in [6.07, 6.45) is 0. The molecule has 0 atom stereocenters. The van der Waals surface area contributed by atoms with Gasteiger partial charge in [0, 0.05) is 53.4 Å². The summed E-state index contributed by atoms with van der Waals surface area (Å²) in [5.74, 6) is -2.88. The van der Waals surface area contributed by atoms with Gasteiger partial charge in [-0.1, -0.05) is 0 Å². The molecule has 0 aromatic carbocycles. The van der Waals surface area contributed by atoms with Gasteiger partial charge in [0.15, 0.2) is 11.3 Å². The molecule has 12 N–H and O–H groups in total. The molecule has 0 aliphatic heterocycles. The van der Waals surface area contributed by atoms with Crippen LogP contribution in [0.4, 0.5) is 23.5 Å². The van der Waals surface area contributed by atoms with Crippen molar-refractivity contribution in [3.8, 4) is 0 Å². The number of fused-ring (bicyclic) bond motifs is 2. The minimum atomic E-state index is -0.782. The summed E-state index contributed by atoms with van der Waals surface area (Å²) in [5, 5.41) is 14.8. The number of rotatable bonds is 18. The number of carbonyl (C=O) groups excluding carboxylic acids is 4. The molecule has 290 valence electrons. The molecule has 4 aromatic heterocycles. The lowest BCUT2D eigenvalue weighted by Gasteiger charge is -2.24. The number of hydrogen-bond donors (Lipinski definition) is 11. The summed E-state index contributed by atoms with van der Waals surface area (Å²) in [4.78, 5) is 122. The fourth-order valence-corrected chi connectivity index (χ4v) is 5.10. The van der Waals surface area contributed by atoms with E-state index in [-0.39, 0.29) is 97.2 Å². The van der Waals surface area contributed by atoms with E-state index in [0.717, 1.165) is 9.13 Å². The molecule has 25 nitrogen and oxygen atoms in total. The van der Waals surface area contributed by atoms with Gasteiger partial charge in [0.25, 0.3) is 11.1 Å². The van der Waals surface area contributed by atoms with Crippen LogP contribution in [0, 0.1) is 0 Å². The third kappa shape index (κ3) is 10.1. The number of thiol groups is 1. The Balaban J connectivity index is 1.49. The van der Waals surface area contributed by atoms with Crippen molar-refractivity contribution in [3.05, 3.63) is 41.7 Å². The number of aromatic amines is 2. The minimum absolute atomic E-state index is 0.0190. The van der Waals surface area contributed by atoms with Gasteiger partial charge in [-0.05, 0) is 0 Å². The Morgan fingerprint density at radius 1 is 0.648 bits per heavy atom. The summed E-state index contributed by atoms with van der Waals surface area (Å²) in [6.45, 7) is -1.06. The predicted octanol–water partition coefficient (Wildman–Crippen LogP) is -6.08. The zero-order valence-electron chi connectivity index (χ0n) is 29.1. The molecule has 0 spiro atoms. The van der Waals surface area contributed by atoms with Crippen LogP contribution in [0.2, 0.25) is 0 Å². The van der Waals surface area contributed by atoms with Crippen LogP contribution in [0.25, 0.3) is 22.1 Å². The van der Waals surface area contributed by atoms with Crippen LogP contribution in [0.5, 0.6) is 0 Å². The lowest BCUT2D eigenvalue weighted by Crippen LogP contribution is -2.45. The van der Waals surface area contributed by atoms with Gasteiger partial charge >= 0.3 is 11.4 Å². The van der Waals surface area contributed by atoms with Crippen LogP contribution in [-0.4, -0.2) is 133 Å². The van der Waals surface area contributed by atoms with Crippen LogP contribution in [0.3, 0.4) is 0 Å². The van der Waals surface area contributed by atoms with Gasteiger partial charge in [-0.25, -0.2) is 9.59 Å². The maximum atomic E-state index is 13.0. The number of hydrogen-bond acceptors (Lipinski definition) is 18. The van der Waals surface area contributed by atoms with E-state index >= 15 is 0 Å². The van der Waals surface area contributed by atoms with Gasteiger partial charge in [-0.2, -0.15) is 32.6 Å². The van der Waals surface area contributed by atoms with E-state index in [4.69, 9.17) is 11.5 Å². The number of nitrogens with zero attached hydrogens (tertiary/aromatic N) is 7. The third-order valence-electron chi connectivity index (χ3n) is 7.70. The standard InChI is InChI=1S/C28H39N17O8S/c1-31-25-39-21-17(23(50)41-25)19(29)37-27(52)44(21)7-5-43(4-3-33-13(46)9-34-14(47)10-35-15(48)11-36-16(49)12-54)6-8-45-22-18(20(30)38-28(45)53)24(51)42-26(32-2)40-22/h54H,3-12H2,1-2H3,(H,33,46)(H,34,47)(H,35,48)(H,36,49)(H2,29,37,52)(H2,30,38,53)(H2,31,39,41,50)(H2,32,40,42,51). The highest BCUT2D eigenvalue weighted by molar-refractivity contribution is 7.81. The van der Waals surface area contributed by atoms with Crippen molar-refractivity contribution in [1.82, 2.24) is 65.2 Å². The van der Waals surface area contributed by atoms with E-state index in [9.17, 15) is 38.4 Å². The Hall–Kier alpha value is -6.57. The largest absolute Gasteiger partial charge is 0.383 e. The van der Waals surface area contributed by atoms with E-state index < -0.39 is 59.2 Å². The van der Waals surface area contributed by atoms with E-state index in [0.29, 0.717) is 0 Å². The first-order valence-corrected chi connectivity index (χ1v) is 16.8. The lowest BCUT2D eigenvalue weighted by molar-refractivity contribution is -0.128. The van der Waals surface area contributed by atoms with Gasteiger partial charge in [0.1, 0.15) is 22.4 Å². The highest BCUT2D eigenvalue weighted by Crippen LogP contribution is 2.13. The molecule has 4 aromatic rings. The van der Waals surface area contributed by atoms with Crippen molar-refractivity contribution in [2.45, 2.75) is 13.1 Å². The third-order valence-corrected chi connectivity index (χ3v) is 7.99. The van der Waals surface area contributed by atoms with Crippen molar-refractivity contribution in [2.75, 3.05) is 87.8 Å². The molecule has 0 fully saturated rings. The molecule has 4 heterocycles. The first-order chi connectivity index (χ1) is 25.8. The number of H-pyrrole nitrogens is 2. The molecule has 0 saturated heterocycles. The quantitative estimate of drug-likeness (QED) is 0.0419. The maximum absolute atomic E-state index is 13.0. The van der Waals surface area contributed by atoms with Crippen LogP contribution >= 0.6 is 12.6 Å². The van der Waals surface area contributed by atoms with Crippen molar-refractivity contribution in [2.24, 2.45) is 0 Å². The Labute approximate surface area is 308 Å². The normalized spacial score (nSPS) is 11.0. The number of aromatic nitrogens is 8. The highest BCUT2D eigenvalue weighted by Gasteiger charge is 2.19. The number of nitrogens with one attached hydrogen (secondary N) is 8. The highest BCUT2D eigenvalue weighted by atomic mass is 32.1. The molecule has 0 unspecified atom stereocenters. The molecule has 54 heavy (non-hydrogen) atoms. The molecule has 0 aliphatic rings. The molecule has 26 heteroatoms. The van der Waals surface area contributed by atoms with Crippen LogP contribution in [-0.2, 0) is 32.3 Å². The minimum Gasteiger partial charge on any atom is -0.383 e. The topological polar surface area (TPSA) is 357 Å².